The summed E-state index contributed by atoms with van der Waals surface area (Å²) >= 11 is 0. The van der Waals surface area contributed by atoms with Crippen molar-refractivity contribution in [3.63, 3.8) is 0 Å². The van der Waals surface area contributed by atoms with Crippen LogP contribution in [0, 0.1) is 10.1 Å². The maximum absolute atomic E-state index is 12.9. The lowest BCUT2D eigenvalue weighted by molar-refractivity contribution is -0.388. The Balaban J connectivity index is 1.56. The van der Waals surface area contributed by atoms with E-state index in [0.29, 0.717) is 62.1 Å². The predicted octanol–water partition coefficient (Wildman–Crippen LogP) is 3.37. The van der Waals surface area contributed by atoms with Gasteiger partial charge < -0.3 is 24.7 Å². The minimum Gasteiger partial charge on any atom is -0.497 e. The van der Waals surface area contributed by atoms with Gasteiger partial charge in [0.1, 0.15) is 5.75 Å². The molecule has 1 amide bonds. The molecule has 2 heterocycles. The van der Waals surface area contributed by atoms with Crippen molar-refractivity contribution in [2.75, 3.05) is 38.2 Å². The fourth-order valence-electron chi connectivity index (χ4n) is 4.15. The molecule has 0 aliphatic carbocycles. The fourth-order valence-corrected chi connectivity index (χ4v) is 4.15. The zero-order valence-corrected chi connectivity index (χ0v) is 18.8. The first kappa shape index (κ1) is 22.3. The number of amides is 1. The van der Waals surface area contributed by atoms with Crippen LogP contribution in [0.15, 0.2) is 54.6 Å². The fraction of sp³-hybridized carbons (Fsp3) is 0.333. The van der Waals surface area contributed by atoms with Gasteiger partial charge in [0.2, 0.25) is 11.6 Å². The molecule has 1 fully saturated rings. The van der Waals surface area contributed by atoms with E-state index in [-0.39, 0.29) is 11.7 Å². The van der Waals surface area contributed by atoms with Crippen LogP contribution in [0.5, 0.6) is 5.75 Å². The molecule has 0 atom stereocenters. The molecule has 33 heavy (non-hydrogen) atoms. The van der Waals surface area contributed by atoms with Crippen LogP contribution in [0.4, 0.5) is 11.6 Å². The van der Waals surface area contributed by atoms with Gasteiger partial charge in [-0.2, -0.15) is 0 Å². The molecule has 1 aliphatic rings. The van der Waals surface area contributed by atoms with E-state index >= 15 is 0 Å². The first-order chi connectivity index (χ1) is 16.0. The molecule has 1 aliphatic heterocycles. The Morgan fingerprint density at radius 2 is 1.73 bits per heavy atom. The minimum atomic E-state index is -0.412. The maximum Gasteiger partial charge on any atom is 0.406 e. The van der Waals surface area contributed by atoms with E-state index < -0.39 is 4.92 Å². The number of benzene rings is 2. The molecule has 0 spiro atoms. The molecular weight excluding hydrogens is 422 g/mol. The van der Waals surface area contributed by atoms with E-state index in [1.165, 1.54) is 0 Å². The maximum atomic E-state index is 12.9. The molecule has 0 saturated carbocycles. The van der Waals surface area contributed by atoms with E-state index in [0.717, 1.165) is 5.56 Å². The molecule has 0 unspecified atom stereocenters. The van der Waals surface area contributed by atoms with Crippen molar-refractivity contribution in [1.82, 2.24) is 14.5 Å². The van der Waals surface area contributed by atoms with Crippen molar-refractivity contribution in [2.24, 2.45) is 0 Å². The molecule has 0 radical (unpaired) electrons. The Labute approximate surface area is 192 Å². The highest BCUT2D eigenvalue weighted by atomic mass is 16.6. The lowest BCUT2D eigenvalue weighted by Crippen LogP contribution is -2.49. The number of imidazole rings is 1. The summed E-state index contributed by atoms with van der Waals surface area (Å²) in [7, 11) is 1.59. The number of hydrogen-bond acceptors (Lipinski definition) is 6. The van der Waals surface area contributed by atoms with Crippen LogP contribution in [0.1, 0.15) is 28.7 Å². The number of methoxy groups -OCH3 is 1. The average Bonchev–Trinajstić information content (AvgIpc) is 3.23. The summed E-state index contributed by atoms with van der Waals surface area (Å²) in [4.78, 5) is 32.4. The van der Waals surface area contributed by atoms with Gasteiger partial charge in [-0.25, -0.2) is 0 Å². The number of aromatic nitrogens is 2. The topological polar surface area (TPSA) is 93.7 Å². The smallest absolute Gasteiger partial charge is 0.406 e. The molecule has 3 aromatic rings. The van der Waals surface area contributed by atoms with Crippen molar-refractivity contribution in [3.05, 3.63) is 81.7 Å². The summed E-state index contributed by atoms with van der Waals surface area (Å²) in [6.07, 6.45) is 0.587. The van der Waals surface area contributed by atoms with Gasteiger partial charge in [-0.05, 0) is 39.7 Å². The number of rotatable bonds is 7. The molecule has 0 bridgehead atoms. The minimum absolute atomic E-state index is 0.0566. The first-order valence-electron chi connectivity index (χ1n) is 11.0. The highest BCUT2D eigenvalue weighted by Gasteiger charge is 2.33. The number of carbonyl (C=O) groups excluding carboxylic acids is 1. The van der Waals surface area contributed by atoms with Crippen LogP contribution >= 0.6 is 0 Å². The standard InChI is InChI=1S/C24H27N5O4/c1-3-21-25-22(29(31)32)23(28(21)17-18-7-5-4-6-8-18)26-13-15-27(16-14-26)24(30)19-9-11-20(33-2)12-10-19/h4-12H,3,13-17H2,1-2H3. The van der Waals surface area contributed by atoms with Gasteiger partial charge in [-0.3, -0.25) is 9.36 Å². The Kier molecular flexibility index (Phi) is 6.58. The third-order valence-corrected chi connectivity index (χ3v) is 5.88. The Morgan fingerprint density at radius 1 is 1.06 bits per heavy atom. The summed E-state index contributed by atoms with van der Waals surface area (Å²) in [6.45, 7) is 4.38. The number of anilines is 1. The second-order valence-electron chi connectivity index (χ2n) is 7.87. The van der Waals surface area contributed by atoms with Crippen LogP contribution in [0.25, 0.3) is 0 Å². The van der Waals surface area contributed by atoms with Gasteiger partial charge in [0.25, 0.3) is 5.91 Å². The van der Waals surface area contributed by atoms with Crippen LogP contribution < -0.4 is 9.64 Å². The molecule has 1 saturated heterocycles. The molecule has 2 aromatic carbocycles. The monoisotopic (exact) mass is 449 g/mol. The molecule has 0 N–H and O–H groups in total. The van der Waals surface area contributed by atoms with E-state index in [9.17, 15) is 14.9 Å². The van der Waals surface area contributed by atoms with Crippen LogP contribution in [0.2, 0.25) is 0 Å². The highest BCUT2D eigenvalue weighted by Crippen LogP contribution is 2.31. The number of carbonyl (C=O) groups is 1. The van der Waals surface area contributed by atoms with Crippen molar-refractivity contribution < 1.29 is 14.5 Å². The van der Waals surface area contributed by atoms with E-state index in [2.05, 4.69) is 4.98 Å². The van der Waals surface area contributed by atoms with Gasteiger partial charge >= 0.3 is 5.82 Å². The predicted molar refractivity (Wildman–Crippen MR) is 125 cm³/mol. The third-order valence-electron chi connectivity index (χ3n) is 5.88. The van der Waals surface area contributed by atoms with E-state index in [4.69, 9.17) is 4.74 Å². The Hall–Kier alpha value is -3.88. The zero-order chi connectivity index (χ0) is 23.4. The molecule has 4 rings (SSSR count). The highest BCUT2D eigenvalue weighted by molar-refractivity contribution is 5.94. The normalized spacial score (nSPS) is 13.8. The SMILES string of the molecule is CCc1nc([N+](=O)[O-])c(N2CCN(C(=O)c3ccc(OC)cc3)CC2)n1Cc1ccccc1. The number of nitrogens with zero attached hydrogens (tertiary/aromatic N) is 5. The molecule has 9 nitrogen and oxygen atoms in total. The molecule has 9 heteroatoms. The first-order valence-corrected chi connectivity index (χ1v) is 11.0. The molecule has 1 aromatic heterocycles. The quantitative estimate of drug-likeness (QED) is 0.406. The van der Waals surface area contributed by atoms with Gasteiger partial charge in [-0.1, -0.05) is 37.3 Å². The summed E-state index contributed by atoms with van der Waals surface area (Å²) in [6, 6.07) is 16.9. The second kappa shape index (κ2) is 9.72. The van der Waals surface area contributed by atoms with Crippen LogP contribution in [-0.2, 0) is 13.0 Å². The molecule has 172 valence electrons. The Morgan fingerprint density at radius 3 is 2.30 bits per heavy atom. The largest absolute Gasteiger partial charge is 0.497 e. The van der Waals surface area contributed by atoms with Crippen LogP contribution in [-0.4, -0.2) is 58.6 Å². The van der Waals surface area contributed by atoms with Crippen molar-refractivity contribution >= 4 is 17.5 Å². The number of nitro groups is 1. The summed E-state index contributed by atoms with van der Waals surface area (Å²) in [5, 5.41) is 11.8. The number of piperazine rings is 1. The summed E-state index contributed by atoms with van der Waals surface area (Å²) < 4.78 is 7.10. The van der Waals surface area contributed by atoms with Crippen molar-refractivity contribution in [2.45, 2.75) is 19.9 Å². The average molecular weight is 450 g/mol. The Bertz CT molecular complexity index is 1120. The lowest BCUT2D eigenvalue weighted by atomic mass is 10.1. The van der Waals surface area contributed by atoms with Gasteiger partial charge in [0.05, 0.1) is 13.7 Å². The van der Waals surface area contributed by atoms with Crippen LogP contribution in [0.3, 0.4) is 0 Å². The second-order valence-corrected chi connectivity index (χ2v) is 7.87. The molecular formula is C24H27N5O4. The van der Waals surface area contributed by atoms with Gasteiger partial charge in [0.15, 0.2) is 0 Å². The third kappa shape index (κ3) is 4.67. The van der Waals surface area contributed by atoms with E-state index in [1.807, 2.05) is 46.7 Å². The number of ether oxygens (including phenoxy) is 1. The van der Waals surface area contributed by atoms with E-state index in [1.54, 1.807) is 36.3 Å². The van der Waals surface area contributed by atoms with Gasteiger partial charge in [0, 0.05) is 38.2 Å². The summed E-state index contributed by atoms with van der Waals surface area (Å²) in [5.74, 6) is 1.70. The summed E-state index contributed by atoms with van der Waals surface area (Å²) in [5.41, 5.74) is 1.65. The van der Waals surface area contributed by atoms with Gasteiger partial charge in [-0.15, -0.1) is 0 Å². The lowest BCUT2D eigenvalue weighted by Gasteiger charge is -2.35. The van der Waals surface area contributed by atoms with Crippen molar-refractivity contribution in [1.29, 1.82) is 0 Å². The van der Waals surface area contributed by atoms with Crippen molar-refractivity contribution in [3.8, 4) is 5.75 Å². The zero-order valence-electron chi connectivity index (χ0n) is 18.8. The number of aryl methyl sites for hydroxylation is 1. The number of hydrogen-bond donors (Lipinski definition) is 0.